The molecule has 0 spiro atoms. The molecule has 0 bridgehead atoms. The van der Waals surface area contributed by atoms with Crippen molar-refractivity contribution < 1.29 is 14.5 Å². The molecule has 0 unspecified atom stereocenters. The Balaban J connectivity index is 1.33. The number of thiazole rings is 1. The summed E-state index contributed by atoms with van der Waals surface area (Å²) < 4.78 is 0. The lowest BCUT2D eigenvalue weighted by Gasteiger charge is -2.26. The number of amides is 3. The number of hydrogen-bond acceptors (Lipinski definition) is 6. The van der Waals surface area contributed by atoms with E-state index in [4.69, 9.17) is 0 Å². The van der Waals surface area contributed by atoms with Gasteiger partial charge in [-0.05, 0) is 18.4 Å². The predicted molar refractivity (Wildman–Crippen MR) is 112 cm³/mol. The van der Waals surface area contributed by atoms with Crippen LogP contribution in [-0.4, -0.2) is 39.3 Å². The van der Waals surface area contributed by atoms with Crippen LogP contribution in [-0.2, 0) is 24.2 Å². The van der Waals surface area contributed by atoms with E-state index >= 15 is 0 Å². The van der Waals surface area contributed by atoms with Gasteiger partial charge in [-0.1, -0.05) is 36.3 Å². The summed E-state index contributed by atoms with van der Waals surface area (Å²) in [6.45, 7) is 1.03. The van der Waals surface area contributed by atoms with E-state index in [1.165, 1.54) is 23.5 Å². The van der Waals surface area contributed by atoms with Gasteiger partial charge in [-0.2, -0.15) is 0 Å². The third kappa shape index (κ3) is 4.76. The number of carbonyl (C=O) groups excluding carboxylic acids is 2. The van der Waals surface area contributed by atoms with E-state index in [9.17, 15) is 19.7 Å². The first kappa shape index (κ1) is 20.3. The summed E-state index contributed by atoms with van der Waals surface area (Å²) in [6.07, 6.45) is 5.19. The summed E-state index contributed by atoms with van der Waals surface area (Å²) in [5, 5.41) is 17.1. The second-order valence-corrected chi connectivity index (χ2v) is 8.72. The molecule has 1 aliphatic heterocycles. The molecule has 158 valence electrons. The predicted octanol–water partition coefficient (Wildman–Crippen LogP) is 3.24. The van der Waals surface area contributed by atoms with E-state index < -0.39 is 4.92 Å². The van der Waals surface area contributed by atoms with Gasteiger partial charge >= 0.3 is 6.03 Å². The SMILES string of the molecule is O=C(Nc1nc2c(s1)CN(C(=O)Cc1ccc([N+](=O)[O-])cc1)CC2)NC1CCCC1. The summed E-state index contributed by atoms with van der Waals surface area (Å²) in [5.41, 5.74) is 1.68. The van der Waals surface area contributed by atoms with Crippen LogP contribution in [0.2, 0.25) is 0 Å². The van der Waals surface area contributed by atoms with Crippen LogP contribution in [0.5, 0.6) is 0 Å². The van der Waals surface area contributed by atoms with Gasteiger partial charge < -0.3 is 10.2 Å². The summed E-state index contributed by atoms with van der Waals surface area (Å²) in [4.78, 5) is 42.4. The van der Waals surface area contributed by atoms with Gasteiger partial charge in [0.15, 0.2) is 5.13 Å². The molecule has 1 saturated carbocycles. The maximum absolute atomic E-state index is 12.7. The Hall–Kier alpha value is -3.01. The van der Waals surface area contributed by atoms with Crippen molar-refractivity contribution in [2.45, 2.75) is 51.1 Å². The van der Waals surface area contributed by atoms with Gasteiger partial charge in [0.2, 0.25) is 5.91 Å². The largest absolute Gasteiger partial charge is 0.337 e. The number of nitro groups is 1. The monoisotopic (exact) mass is 429 g/mol. The average Bonchev–Trinajstić information content (AvgIpc) is 3.36. The quantitative estimate of drug-likeness (QED) is 0.559. The fourth-order valence-electron chi connectivity index (χ4n) is 3.87. The minimum Gasteiger partial charge on any atom is -0.337 e. The van der Waals surface area contributed by atoms with Gasteiger partial charge in [-0.3, -0.25) is 20.2 Å². The van der Waals surface area contributed by atoms with Crippen LogP contribution in [0.4, 0.5) is 15.6 Å². The Morgan fingerprint density at radius 1 is 1.23 bits per heavy atom. The van der Waals surface area contributed by atoms with E-state index in [2.05, 4.69) is 15.6 Å². The van der Waals surface area contributed by atoms with Crippen LogP contribution in [0, 0.1) is 10.1 Å². The summed E-state index contributed by atoms with van der Waals surface area (Å²) in [7, 11) is 0. The molecular weight excluding hydrogens is 406 g/mol. The summed E-state index contributed by atoms with van der Waals surface area (Å²) in [6, 6.07) is 6.07. The van der Waals surface area contributed by atoms with Gasteiger partial charge in [0.25, 0.3) is 5.69 Å². The number of hydrogen-bond donors (Lipinski definition) is 2. The number of anilines is 1. The number of carbonyl (C=O) groups is 2. The molecule has 0 atom stereocenters. The molecule has 30 heavy (non-hydrogen) atoms. The van der Waals surface area contributed by atoms with Crippen molar-refractivity contribution in [1.29, 1.82) is 0 Å². The second-order valence-electron chi connectivity index (χ2n) is 7.63. The minimum atomic E-state index is -0.457. The summed E-state index contributed by atoms with van der Waals surface area (Å²) >= 11 is 1.40. The lowest BCUT2D eigenvalue weighted by atomic mass is 10.1. The van der Waals surface area contributed by atoms with Crippen LogP contribution in [0.1, 0.15) is 41.8 Å². The highest BCUT2D eigenvalue weighted by Gasteiger charge is 2.25. The molecule has 1 aliphatic carbocycles. The van der Waals surface area contributed by atoms with Gasteiger partial charge in [-0.15, -0.1) is 0 Å². The Kier molecular flexibility index (Phi) is 5.93. The zero-order chi connectivity index (χ0) is 21.1. The van der Waals surface area contributed by atoms with Crippen LogP contribution < -0.4 is 10.6 Å². The van der Waals surface area contributed by atoms with Crippen LogP contribution in [0.15, 0.2) is 24.3 Å². The smallest absolute Gasteiger partial charge is 0.321 e. The van der Waals surface area contributed by atoms with Gasteiger partial charge in [0.05, 0.1) is 23.6 Å². The number of nitro benzene ring substituents is 1. The molecule has 0 radical (unpaired) electrons. The first-order valence-corrected chi connectivity index (χ1v) is 10.9. The van der Waals surface area contributed by atoms with Crippen molar-refractivity contribution in [1.82, 2.24) is 15.2 Å². The fraction of sp³-hybridized carbons (Fsp3) is 0.450. The zero-order valence-corrected chi connectivity index (χ0v) is 17.2. The molecule has 0 saturated heterocycles. The van der Waals surface area contributed by atoms with E-state index in [-0.39, 0.29) is 30.1 Å². The van der Waals surface area contributed by atoms with Gasteiger partial charge in [-0.25, -0.2) is 9.78 Å². The molecule has 3 amide bonds. The molecule has 4 rings (SSSR count). The molecule has 9 nitrogen and oxygen atoms in total. The van der Waals surface area contributed by atoms with Gasteiger partial charge in [0, 0.05) is 36.0 Å². The lowest BCUT2D eigenvalue weighted by molar-refractivity contribution is -0.384. The number of nitrogens with zero attached hydrogens (tertiary/aromatic N) is 3. The number of benzene rings is 1. The average molecular weight is 430 g/mol. The van der Waals surface area contributed by atoms with Crippen LogP contribution >= 0.6 is 11.3 Å². The normalized spacial score (nSPS) is 16.2. The number of aromatic nitrogens is 1. The zero-order valence-electron chi connectivity index (χ0n) is 16.4. The summed E-state index contributed by atoms with van der Waals surface area (Å²) in [5.74, 6) is -0.0311. The number of non-ortho nitro benzene ring substituents is 1. The highest BCUT2D eigenvalue weighted by atomic mass is 32.1. The molecule has 10 heteroatoms. The molecule has 1 aromatic heterocycles. The Morgan fingerprint density at radius 2 is 1.97 bits per heavy atom. The maximum atomic E-state index is 12.7. The van der Waals surface area contributed by atoms with E-state index in [1.807, 2.05) is 0 Å². The van der Waals surface area contributed by atoms with Crippen LogP contribution in [0.25, 0.3) is 0 Å². The van der Waals surface area contributed by atoms with Crippen LogP contribution in [0.3, 0.4) is 0 Å². The van der Waals surface area contributed by atoms with Crippen molar-refractivity contribution in [2.75, 3.05) is 11.9 Å². The highest BCUT2D eigenvalue weighted by Crippen LogP contribution is 2.29. The van der Waals surface area contributed by atoms with Crippen molar-refractivity contribution in [3.05, 3.63) is 50.5 Å². The van der Waals surface area contributed by atoms with E-state index in [1.54, 1.807) is 17.0 Å². The molecule has 2 aliphatic rings. The Labute approximate surface area is 177 Å². The molecule has 2 heterocycles. The van der Waals surface area contributed by atoms with Gasteiger partial charge in [0.1, 0.15) is 0 Å². The third-order valence-corrected chi connectivity index (χ3v) is 6.50. The molecule has 1 fully saturated rings. The molecule has 2 N–H and O–H groups in total. The van der Waals surface area contributed by atoms with Crippen molar-refractivity contribution >= 4 is 34.1 Å². The van der Waals surface area contributed by atoms with Crippen molar-refractivity contribution in [2.24, 2.45) is 0 Å². The number of rotatable bonds is 5. The van der Waals surface area contributed by atoms with E-state index in [0.29, 0.717) is 24.6 Å². The first-order chi connectivity index (χ1) is 14.5. The minimum absolute atomic E-state index is 0.00970. The Morgan fingerprint density at radius 3 is 2.67 bits per heavy atom. The van der Waals surface area contributed by atoms with E-state index in [0.717, 1.165) is 41.8 Å². The molecule has 1 aromatic carbocycles. The first-order valence-electron chi connectivity index (χ1n) is 10.0. The maximum Gasteiger partial charge on any atom is 0.321 e. The number of fused-ring (bicyclic) bond motifs is 1. The molecular formula is C20H23N5O4S. The van der Waals surface area contributed by atoms with Crippen molar-refractivity contribution in [3.63, 3.8) is 0 Å². The number of nitrogens with one attached hydrogen (secondary N) is 2. The lowest BCUT2D eigenvalue weighted by Crippen LogP contribution is -2.36. The molecule has 2 aromatic rings. The fourth-order valence-corrected chi connectivity index (χ4v) is 4.89. The highest BCUT2D eigenvalue weighted by molar-refractivity contribution is 7.15. The third-order valence-electron chi connectivity index (χ3n) is 5.50. The second kappa shape index (κ2) is 8.78. The topological polar surface area (TPSA) is 117 Å². The standard InChI is InChI=1S/C20H23N5O4S/c26-18(11-13-5-7-15(8-6-13)25(28)29)24-10-9-16-17(12-24)30-20(22-16)23-19(27)21-14-3-1-2-4-14/h5-8,14H,1-4,9-12H2,(H2,21,22,23,27). The van der Waals surface area contributed by atoms with Crippen molar-refractivity contribution in [3.8, 4) is 0 Å². The Bertz CT molecular complexity index is 953. The number of urea groups is 1.